The summed E-state index contributed by atoms with van der Waals surface area (Å²) >= 11 is 6.01. The molecule has 96 valence electrons. The number of benzene rings is 1. The predicted octanol–water partition coefficient (Wildman–Crippen LogP) is 1.52. The van der Waals surface area contributed by atoms with Crippen LogP contribution in [-0.2, 0) is 4.79 Å². The summed E-state index contributed by atoms with van der Waals surface area (Å²) < 4.78 is 0. The number of halogens is 1. The molecule has 3 N–H and O–H groups in total. The molecule has 18 heavy (non-hydrogen) atoms. The number of amides is 1. The van der Waals surface area contributed by atoms with Crippen molar-refractivity contribution in [1.29, 1.82) is 0 Å². The Morgan fingerprint density at radius 3 is 2.61 bits per heavy atom. The average molecular weight is 269 g/mol. The molecule has 0 atom stereocenters. The van der Waals surface area contributed by atoms with Crippen LogP contribution in [-0.4, -0.2) is 30.1 Å². The molecule has 1 aromatic rings. The first-order chi connectivity index (χ1) is 8.45. The number of nitrogens with zero attached hydrogens (tertiary/aromatic N) is 1. The van der Waals surface area contributed by atoms with E-state index >= 15 is 0 Å². The molecule has 0 fully saturated rings. The Morgan fingerprint density at radius 2 is 2.17 bits per heavy atom. The molecule has 1 amide bonds. The summed E-state index contributed by atoms with van der Waals surface area (Å²) in [7, 11) is 0. The second kappa shape index (κ2) is 6.07. The summed E-state index contributed by atoms with van der Waals surface area (Å²) in [4.78, 5) is 23.3. The van der Waals surface area contributed by atoms with Crippen LogP contribution in [0.15, 0.2) is 30.9 Å². The molecule has 6 heteroatoms. The molecule has 0 aliphatic heterocycles. The molecular weight excluding hydrogens is 256 g/mol. The Balaban J connectivity index is 3.08. The van der Waals surface area contributed by atoms with Crippen molar-refractivity contribution in [2.45, 2.75) is 0 Å². The number of nitrogens with two attached hydrogens (primary N) is 1. The molecule has 0 aliphatic carbocycles. The maximum Gasteiger partial charge on any atom is 0.323 e. The molecule has 0 saturated carbocycles. The van der Waals surface area contributed by atoms with E-state index in [-0.39, 0.29) is 17.1 Å². The van der Waals surface area contributed by atoms with Gasteiger partial charge in [-0.2, -0.15) is 0 Å². The first kappa shape index (κ1) is 14.1. The Kier molecular flexibility index (Phi) is 4.74. The van der Waals surface area contributed by atoms with Crippen molar-refractivity contribution in [3.8, 4) is 0 Å². The summed E-state index contributed by atoms with van der Waals surface area (Å²) in [6, 6.07) is 4.48. The van der Waals surface area contributed by atoms with Gasteiger partial charge in [-0.25, -0.2) is 0 Å². The molecule has 0 radical (unpaired) electrons. The summed E-state index contributed by atoms with van der Waals surface area (Å²) in [6.07, 6.45) is 1.57. The molecule has 1 aromatic carbocycles. The topological polar surface area (TPSA) is 83.6 Å². The van der Waals surface area contributed by atoms with E-state index in [1.165, 1.54) is 17.0 Å². The fourth-order valence-corrected chi connectivity index (χ4v) is 1.78. The first-order valence-corrected chi connectivity index (χ1v) is 5.50. The van der Waals surface area contributed by atoms with Crippen molar-refractivity contribution in [2.24, 2.45) is 5.73 Å². The number of hydrogen-bond donors (Lipinski definition) is 2. The van der Waals surface area contributed by atoms with Gasteiger partial charge in [-0.05, 0) is 18.2 Å². The van der Waals surface area contributed by atoms with E-state index < -0.39 is 11.9 Å². The van der Waals surface area contributed by atoms with Gasteiger partial charge >= 0.3 is 5.97 Å². The van der Waals surface area contributed by atoms with Gasteiger partial charge in [0.05, 0.1) is 10.7 Å². The summed E-state index contributed by atoms with van der Waals surface area (Å²) in [5.41, 5.74) is 5.92. The normalized spacial score (nSPS) is 9.83. The van der Waals surface area contributed by atoms with Crippen LogP contribution in [0.1, 0.15) is 10.4 Å². The van der Waals surface area contributed by atoms with Gasteiger partial charge in [0.1, 0.15) is 6.54 Å². The summed E-state index contributed by atoms with van der Waals surface area (Å²) in [5, 5.41) is 9.08. The quantitative estimate of drug-likeness (QED) is 0.766. The highest BCUT2D eigenvalue weighted by molar-refractivity contribution is 6.33. The molecule has 0 heterocycles. The highest BCUT2D eigenvalue weighted by Gasteiger charge is 2.14. The highest BCUT2D eigenvalue weighted by Crippen LogP contribution is 2.26. The molecule has 0 unspecified atom stereocenters. The Morgan fingerprint density at radius 1 is 1.50 bits per heavy atom. The van der Waals surface area contributed by atoms with Crippen molar-refractivity contribution in [2.75, 3.05) is 18.0 Å². The van der Waals surface area contributed by atoms with Gasteiger partial charge < -0.3 is 15.7 Å². The lowest BCUT2D eigenvalue weighted by Crippen LogP contribution is -2.30. The zero-order valence-corrected chi connectivity index (χ0v) is 10.4. The van der Waals surface area contributed by atoms with Gasteiger partial charge in [0.25, 0.3) is 0 Å². The van der Waals surface area contributed by atoms with E-state index in [0.717, 1.165) is 0 Å². The third-order valence-corrected chi connectivity index (χ3v) is 2.55. The second-order valence-corrected chi connectivity index (χ2v) is 4.00. The third-order valence-electron chi connectivity index (χ3n) is 2.25. The minimum absolute atomic E-state index is 0.207. The van der Waals surface area contributed by atoms with E-state index in [9.17, 15) is 9.59 Å². The summed E-state index contributed by atoms with van der Waals surface area (Å²) in [5.74, 6) is -1.57. The Hall–Kier alpha value is -2.01. The van der Waals surface area contributed by atoms with Crippen LogP contribution in [0.5, 0.6) is 0 Å². The minimum Gasteiger partial charge on any atom is -0.480 e. The number of aliphatic carboxylic acids is 1. The standard InChI is InChI=1S/C12H13ClN2O3/c1-2-5-15(7-11(16)17)10-4-3-8(12(14)18)6-9(10)13/h2-4,6H,1,5,7H2,(H2,14,18)(H,16,17). The van der Waals surface area contributed by atoms with Gasteiger partial charge in [0.15, 0.2) is 0 Å². The number of primary amides is 1. The zero-order valence-electron chi connectivity index (χ0n) is 9.60. The number of anilines is 1. The largest absolute Gasteiger partial charge is 0.480 e. The van der Waals surface area contributed by atoms with Crippen LogP contribution in [0.4, 0.5) is 5.69 Å². The molecule has 0 bridgehead atoms. The van der Waals surface area contributed by atoms with Gasteiger partial charge in [-0.3, -0.25) is 9.59 Å². The first-order valence-electron chi connectivity index (χ1n) is 5.12. The van der Waals surface area contributed by atoms with Crippen LogP contribution < -0.4 is 10.6 Å². The molecule has 0 aromatic heterocycles. The van der Waals surface area contributed by atoms with Gasteiger partial charge in [-0.15, -0.1) is 6.58 Å². The van der Waals surface area contributed by atoms with Crippen molar-refractivity contribution < 1.29 is 14.7 Å². The predicted molar refractivity (Wildman–Crippen MR) is 70.0 cm³/mol. The number of carboxylic acids is 1. The lowest BCUT2D eigenvalue weighted by atomic mass is 10.2. The number of carbonyl (C=O) groups is 2. The van der Waals surface area contributed by atoms with Crippen molar-refractivity contribution in [3.05, 3.63) is 41.4 Å². The van der Waals surface area contributed by atoms with E-state index in [1.807, 2.05) is 0 Å². The van der Waals surface area contributed by atoms with Gasteiger partial charge in [0, 0.05) is 12.1 Å². The van der Waals surface area contributed by atoms with E-state index in [1.54, 1.807) is 12.1 Å². The maximum absolute atomic E-state index is 11.0. The molecule has 0 spiro atoms. The number of carbonyl (C=O) groups excluding carboxylic acids is 1. The fourth-order valence-electron chi connectivity index (χ4n) is 1.48. The molecule has 0 saturated heterocycles. The molecular formula is C12H13ClN2O3. The third kappa shape index (κ3) is 3.49. The van der Waals surface area contributed by atoms with E-state index in [0.29, 0.717) is 12.2 Å². The Labute approximate surface area is 109 Å². The lowest BCUT2D eigenvalue weighted by molar-refractivity contribution is -0.135. The summed E-state index contributed by atoms with van der Waals surface area (Å²) in [6.45, 7) is 3.69. The van der Waals surface area contributed by atoms with Crippen LogP contribution in [0.2, 0.25) is 5.02 Å². The maximum atomic E-state index is 11.0. The Bertz CT molecular complexity index is 488. The molecule has 1 rings (SSSR count). The van der Waals surface area contributed by atoms with Crippen molar-refractivity contribution in [1.82, 2.24) is 0 Å². The average Bonchev–Trinajstić information content (AvgIpc) is 2.27. The smallest absolute Gasteiger partial charge is 0.323 e. The van der Waals surface area contributed by atoms with Crippen LogP contribution in [0.3, 0.4) is 0 Å². The second-order valence-electron chi connectivity index (χ2n) is 3.59. The SMILES string of the molecule is C=CCN(CC(=O)O)c1ccc(C(N)=O)cc1Cl. The van der Waals surface area contributed by atoms with Crippen LogP contribution >= 0.6 is 11.6 Å². The van der Waals surface area contributed by atoms with Gasteiger partial charge in [-0.1, -0.05) is 17.7 Å². The van der Waals surface area contributed by atoms with E-state index in [4.69, 9.17) is 22.4 Å². The zero-order chi connectivity index (χ0) is 13.7. The number of rotatable bonds is 6. The monoisotopic (exact) mass is 268 g/mol. The fraction of sp³-hybridized carbons (Fsp3) is 0.167. The lowest BCUT2D eigenvalue weighted by Gasteiger charge is -2.22. The highest BCUT2D eigenvalue weighted by atomic mass is 35.5. The minimum atomic E-state index is -0.980. The van der Waals surface area contributed by atoms with E-state index in [2.05, 4.69) is 6.58 Å². The van der Waals surface area contributed by atoms with Crippen LogP contribution in [0, 0.1) is 0 Å². The number of hydrogen-bond acceptors (Lipinski definition) is 3. The van der Waals surface area contributed by atoms with Crippen LogP contribution in [0.25, 0.3) is 0 Å². The van der Waals surface area contributed by atoms with Crippen molar-refractivity contribution >= 4 is 29.2 Å². The molecule has 5 nitrogen and oxygen atoms in total. The van der Waals surface area contributed by atoms with Crippen molar-refractivity contribution in [3.63, 3.8) is 0 Å². The van der Waals surface area contributed by atoms with Gasteiger partial charge in [0.2, 0.25) is 5.91 Å². The number of carboxylic acid groups (broad SMARTS) is 1. The molecule has 0 aliphatic rings.